The van der Waals surface area contributed by atoms with Gasteiger partial charge < -0.3 is 5.32 Å². The number of hydrogen-bond acceptors (Lipinski definition) is 3. The van der Waals surface area contributed by atoms with E-state index in [1.165, 1.54) is 11.4 Å². The van der Waals surface area contributed by atoms with Crippen LogP contribution in [0.1, 0.15) is 15.9 Å². The van der Waals surface area contributed by atoms with Crippen LogP contribution in [0.4, 0.5) is 11.4 Å². The van der Waals surface area contributed by atoms with E-state index in [9.17, 15) is 13.2 Å². The Morgan fingerprint density at radius 3 is 2.21 bits per heavy atom. The number of nitrogens with zero attached hydrogens (tertiary/aromatic N) is 1. The largest absolute Gasteiger partial charge is 0.322 e. The van der Waals surface area contributed by atoms with E-state index in [2.05, 4.69) is 21.2 Å². The van der Waals surface area contributed by atoms with E-state index >= 15 is 0 Å². The van der Waals surface area contributed by atoms with Gasteiger partial charge >= 0.3 is 0 Å². The molecular weight excluding hydrogens is 440 g/mol. The molecule has 0 unspecified atom stereocenters. The summed E-state index contributed by atoms with van der Waals surface area (Å²) in [6.45, 7) is 1.90. The third-order valence-electron chi connectivity index (χ3n) is 4.25. The summed E-state index contributed by atoms with van der Waals surface area (Å²) in [6, 6.07) is 20.4. The highest BCUT2D eigenvalue weighted by atomic mass is 79.9. The normalized spacial score (nSPS) is 11.1. The maximum absolute atomic E-state index is 12.8. The number of aryl methyl sites for hydroxylation is 1. The first-order valence-electron chi connectivity index (χ1n) is 8.50. The third kappa shape index (κ3) is 4.43. The molecule has 5 nitrogen and oxygen atoms in total. The molecule has 0 fully saturated rings. The topological polar surface area (TPSA) is 66.5 Å². The van der Waals surface area contributed by atoms with Crippen molar-refractivity contribution in [2.75, 3.05) is 16.7 Å². The number of nitrogens with one attached hydrogen (secondary N) is 1. The number of sulfonamides is 1. The smallest absolute Gasteiger partial charge is 0.264 e. The summed E-state index contributed by atoms with van der Waals surface area (Å²) in [6.07, 6.45) is 0. The van der Waals surface area contributed by atoms with Crippen molar-refractivity contribution in [3.8, 4) is 0 Å². The fourth-order valence-electron chi connectivity index (χ4n) is 2.60. The summed E-state index contributed by atoms with van der Waals surface area (Å²) in [5.41, 5.74) is 2.56. The molecule has 0 aliphatic rings. The number of benzene rings is 3. The second-order valence-electron chi connectivity index (χ2n) is 6.30. The molecular formula is C21H19BrN2O3S. The third-order valence-corrected chi connectivity index (χ3v) is 6.55. The SMILES string of the molecule is Cc1ccc(S(=O)(=O)N(C)c2ccc(C(=O)Nc3cccc(Br)c3)cc2)cc1. The molecule has 0 aromatic heterocycles. The summed E-state index contributed by atoms with van der Waals surface area (Å²) >= 11 is 3.36. The minimum atomic E-state index is -3.67. The maximum Gasteiger partial charge on any atom is 0.264 e. The van der Waals surface area contributed by atoms with Crippen molar-refractivity contribution in [3.63, 3.8) is 0 Å². The Balaban J connectivity index is 1.77. The van der Waals surface area contributed by atoms with Gasteiger partial charge in [-0.1, -0.05) is 39.7 Å². The molecule has 0 heterocycles. The average molecular weight is 459 g/mol. The molecule has 0 saturated heterocycles. The van der Waals surface area contributed by atoms with Crippen molar-refractivity contribution in [3.05, 3.63) is 88.4 Å². The van der Waals surface area contributed by atoms with Crippen LogP contribution in [0.5, 0.6) is 0 Å². The van der Waals surface area contributed by atoms with E-state index in [0.717, 1.165) is 10.0 Å². The number of rotatable bonds is 5. The molecule has 7 heteroatoms. The highest BCUT2D eigenvalue weighted by Gasteiger charge is 2.21. The van der Waals surface area contributed by atoms with E-state index in [0.29, 0.717) is 16.9 Å². The van der Waals surface area contributed by atoms with Gasteiger partial charge in [0.1, 0.15) is 0 Å². The quantitative estimate of drug-likeness (QED) is 0.594. The second-order valence-corrected chi connectivity index (χ2v) is 9.18. The summed E-state index contributed by atoms with van der Waals surface area (Å²) in [4.78, 5) is 12.6. The zero-order chi connectivity index (χ0) is 20.3. The van der Waals surface area contributed by atoms with Crippen LogP contribution in [0.25, 0.3) is 0 Å². The van der Waals surface area contributed by atoms with Gasteiger partial charge in [-0.3, -0.25) is 9.10 Å². The first kappa shape index (κ1) is 20.1. The van der Waals surface area contributed by atoms with E-state index in [1.54, 1.807) is 60.7 Å². The van der Waals surface area contributed by atoms with Crippen LogP contribution in [0.2, 0.25) is 0 Å². The summed E-state index contributed by atoms with van der Waals surface area (Å²) < 4.78 is 27.6. The lowest BCUT2D eigenvalue weighted by Gasteiger charge is -2.20. The molecule has 144 valence electrons. The Bertz CT molecular complexity index is 1100. The van der Waals surface area contributed by atoms with Crippen molar-refractivity contribution < 1.29 is 13.2 Å². The molecule has 0 saturated carbocycles. The Morgan fingerprint density at radius 1 is 0.964 bits per heavy atom. The Hall–Kier alpha value is -2.64. The van der Waals surface area contributed by atoms with Crippen LogP contribution < -0.4 is 9.62 Å². The van der Waals surface area contributed by atoms with E-state index in [4.69, 9.17) is 0 Å². The van der Waals surface area contributed by atoms with E-state index in [1.807, 2.05) is 19.1 Å². The van der Waals surface area contributed by atoms with Gasteiger partial charge in [0, 0.05) is 22.8 Å². The van der Waals surface area contributed by atoms with Crippen LogP contribution >= 0.6 is 15.9 Å². The predicted molar refractivity (Wildman–Crippen MR) is 115 cm³/mol. The molecule has 3 rings (SSSR count). The van der Waals surface area contributed by atoms with Crippen LogP contribution in [0.15, 0.2) is 82.2 Å². The molecule has 0 radical (unpaired) electrons. The summed E-state index contributed by atoms with van der Waals surface area (Å²) in [7, 11) is -2.18. The van der Waals surface area contributed by atoms with Gasteiger partial charge in [-0.05, 0) is 61.5 Å². The van der Waals surface area contributed by atoms with E-state index < -0.39 is 10.0 Å². The fourth-order valence-corrected chi connectivity index (χ4v) is 4.19. The van der Waals surface area contributed by atoms with Crippen LogP contribution in [-0.2, 0) is 10.0 Å². The molecule has 0 aliphatic carbocycles. The number of carbonyl (C=O) groups excluding carboxylic acids is 1. The number of hydrogen-bond donors (Lipinski definition) is 1. The van der Waals surface area contributed by atoms with Gasteiger partial charge in [0.25, 0.3) is 15.9 Å². The maximum atomic E-state index is 12.8. The molecule has 0 bridgehead atoms. The van der Waals surface area contributed by atoms with Crippen LogP contribution in [0.3, 0.4) is 0 Å². The van der Waals surface area contributed by atoms with Crippen molar-refractivity contribution in [1.82, 2.24) is 0 Å². The molecule has 28 heavy (non-hydrogen) atoms. The number of anilines is 2. The lowest BCUT2D eigenvalue weighted by atomic mass is 10.2. The standard InChI is InChI=1S/C21H19BrN2O3S/c1-15-6-12-20(13-7-15)28(26,27)24(2)19-10-8-16(9-11-19)21(25)23-18-5-3-4-17(22)14-18/h3-14H,1-2H3,(H,23,25). The Kier molecular flexibility index (Phi) is 5.86. The number of amides is 1. The van der Waals surface area contributed by atoms with Gasteiger partial charge in [-0.2, -0.15) is 0 Å². The first-order valence-corrected chi connectivity index (χ1v) is 10.7. The number of carbonyl (C=O) groups is 1. The average Bonchev–Trinajstić information content (AvgIpc) is 2.68. The highest BCUT2D eigenvalue weighted by molar-refractivity contribution is 9.10. The second kappa shape index (κ2) is 8.16. The molecule has 0 aliphatic heterocycles. The van der Waals surface area contributed by atoms with Crippen molar-refractivity contribution >= 4 is 43.2 Å². The highest BCUT2D eigenvalue weighted by Crippen LogP contribution is 2.23. The zero-order valence-corrected chi connectivity index (χ0v) is 17.8. The van der Waals surface area contributed by atoms with Crippen molar-refractivity contribution in [1.29, 1.82) is 0 Å². The summed E-state index contributed by atoms with van der Waals surface area (Å²) in [5.74, 6) is -0.270. The van der Waals surface area contributed by atoms with Crippen molar-refractivity contribution in [2.24, 2.45) is 0 Å². The van der Waals surface area contributed by atoms with Gasteiger partial charge in [0.05, 0.1) is 10.6 Å². The van der Waals surface area contributed by atoms with Crippen LogP contribution in [-0.4, -0.2) is 21.4 Å². The van der Waals surface area contributed by atoms with Gasteiger partial charge in [-0.25, -0.2) is 8.42 Å². The molecule has 0 spiro atoms. The fraction of sp³-hybridized carbons (Fsp3) is 0.0952. The Morgan fingerprint density at radius 2 is 1.61 bits per heavy atom. The van der Waals surface area contributed by atoms with Crippen LogP contribution in [0, 0.1) is 6.92 Å². The minimum Gasteiger partial charge on any atom is -0.322 e. The molecule has 3 aromatic rings. The van der Waals surface area contributed by atoms with Gasteiger partial charge in [0.15, 0.2) is 0 Å². The molecule has 1 N–H and O–H groups in total. The predicted octanol–water partition coefficient (Wildman–Crippen LogP) is 4.83. The van der Waals surface area contributed by atoms with Gasteiger partial charge in [-0.15, -0.1) is 0 Å². The monoisotopic (exact) mass is 458 g/mol. The minimum absolute atomic E-state index is 0.220. The first-order chi connectivity index (χ1) is 13.3. The van der Waals surface area contributed by atoms with Crippen molar-refractivity contribution in [2.45, 2.75) is 11.8 Å². The number of halogens is 1. The zero-order valence-electron chi connectivity index (χ0n) is 15.4. The van der Waals surface area contributed by atoms with E-state index in [-0.39, 0.29) is 10.8 Å². The molecule has 1 amide bonds. The Labute approximate surface area is 173 Å². The lowest BCUT2D eigenvalue weighted by Crippen LogP contribution is -2.26. The molecule has 0 atom stereocenters. The lowest BCUT2D eigenvalue weighted by molar-refractivity contribution is 0.102. The molecule has 3 aromatic carbocycles. The van der Waals surface area contributed by atoms with Gasteiger partial charge in [0.2, 0.25) is 0 Å². The summed E-state index contributed by atoms with van der Waals surface area (Å²) in [5, 5.41) is 2.81.